The van der Waals surface area contributed by atoms with Crippen molar-refractivity contribution < 1.29 is 38.2 Å². The molecular formula is C29H41N5O8. The molecule has 0 aliphatic carbocycles. The molecule has 3 heterocycles. The van der Waals surface area contributed by atoms with Gasteiger partial charge < -0.3 is 29.7 Å². The number of nitrogens with zero attached hydrogens (tertiary/aromatic N) is 2. The second-order valence-electron chi connectivity index (χ2n) is 11.6. The third kappa shape index (κ3) is 8.26. The number of carbonyl (C=O) groups is 5. The van der Waals surface area contributed by atoms with Crippen LogP contribution in [0, 0.1) is 0 Å². The summed E-state index contributed by atoms with van der Waals surface area (Å²) in [5, 5.41) is 8.29. The van der Waals surface area contributed by atoms with Crippen LogP contribution in [0.4, 0.5) is 10.5 Å². The maximum Gasteiger partial charge on any atom is 0.407 e. The van der Waals surface area contributed by atoms with Gasteiger partial charge in [-0.15, -0.1) is 0 Å². The number of hydrogen-bond donors (Lipinski definition) is 3. The molecule has 13 nitrogen and oxygen atoms in total. The van der Waals surface area contributed by atoms with Crippen molar-refractivity contribution in [2.45, 2.75) is 64.1 Å². The van der Waals surface area contributed by atoms with Gasteiger partial charge in [-0.2, -0.15) is 0 Å². The van der Waals surface area contributed by atoms with E-state index in [1.54, 1.807) is 18.2 Å². The standard InChI is InChI=1S/C29H41N5O8/c1-29(2,3)42-28(39)31-19-9-12-33(13-10-19)14-16-41-18-17-40-15-11-30-21-6-4-5-20-24(21)27(38)34(26(20)37)22-7-8-23(35)32-25(22)36/h4-6,19,22,30H,7-18H2,1-3H3,(H,31,39)(H,32,35,36). The fourth-order valence-corrected chi connectivity index (χ4v) is 5.21. The van der Waals surface area contributed by atoms with E-state index in [0.717, 1.165) is 37.4 Å². The zero-order valence-electron chi connectivity index (χ0n) is 24.5. The van der Waals surface area contributed by atoms with Gasteiger partial charge in [-0.3, -0.25) is 29.4 Å². The van der Waals surface area contributed by atoms with Gasteiger partial charge in [0.25, 0.3) is 11.8 Å². The molecule has 0 saturated carbocycles. The highest BCUT2D eigenvalue weighted by Gasteiger charge is 2.45. The summed E-state index contributed by atoms with van der Waals surface area (Å²) in [5.74, 6) is -2.14. The van der Waals surface area contributed by atoms with E-state index in [1.165, 1.54) is 0 Å². The third-order valence-corrected chi connectivity index (χ3v) is 7.26. The second kappa shape index (κ2) is 14.1. The second-order valence-corrected chi connectivity index (χ2v) is 11.6. The number of fused-ring (bicyclic) bond motifs is 1. The molecule has 5 amide bonds. The monoisotopic (exact) mass is 587 g/mol. The largest absolute Gasteiger partial charge is 0.444 e. The lowest BCUT2D eigenvalue weighted by Gasteiger charge is -2.32. The van der Waals surface area contributed by atoms with Crippen LogP contribution < -0.4 is 16.0 Å². The van der Waals surface area contributed by atoms with E-state index in [4.69, 9.17) is 14.2 Å². The summed E-state index contributed by atoms with van der Waals surface area (Å²) in [6.07, 6.45) is 1.56. The first-order valence-electron chi connectivity index (χ1n) is 14.5. The fourth-order valence-electron chi connectivity index (χ4n) is 5.21. The number of imide groups is 2. The van der Waals surface area contributed by atoms with Crippen LogP contribution in [0.15, 0.2) is 18.2 Å². The van der Waals surface area contributed by atoms with E-state index in [1.807, 2.05) is 20.8 Å². The number of nitrogens with one attached hydrogen (secondary N) is 3. The zero-order chi connectivity index (χ0) is 30.3. The molecule has 1 atom stereocenters. The summed E-state index contributed by atoms with van der Waals surface area (Å²) in [6, 6.07) is 4.06. The Kier molecular flexibility index (Phi) is 10.5. The van der Waals surface area contributed by atoms with Crippen molar-refractivity contribution in [1.29, 1.82) is 0 Å². The van der Waals surface area contributed by atoms with Gasteiger partial charge in [0.05, 0.1) is 37.6 Å². The number of rotatable bonds is 12. The number of piperidine rings is 2. The van der Waals surface area contributed by atoms with E-state index in [9.17, 15) is 24.0 Å². The van der Waals surface area contributed by atoms with Crippen molar-refractivity contribution in [3.8, 4) is 0 Å². The van der Waals surface area contributed by atoms with Crippen LogP contribution in [0.1, 0.15) is 67.2 Å². The summed E-state index contributed by atoms with van der Waals surface area (Å²) in [4.78, 5) is 65.0. The van der Waals surface area contributed by atoms with Crippen LogP contribution >= 0.6 is 0 Å². The molecule has 0 radical (unpaired) electrons. The first-order valence-corrected chi connectivity index (χ1v) is 14.5. The molecule has 42 heavy (non-hydrogen) atoms. The van der Waals surface area contributed by atoms with E-state index in [-0.39, 0.29) is 36.1 Å². The number of amides is 5. The number of alkyl carbamates (subject to hydrolysis) is 1. The lowest BCUT2D eigenvalue weighted by molar-refractivity contribution is -0.136. The van der Waals surface area contributed by atoms with Crippen LogP contribution in [-0.4, -0.2) is 110 Å². The molecule has 3 aliphatic rings. The number of ether oxygens (including phenoxy) is 3. The number of carbonyl (C=O) groups excluding carboxylic acids is 5. The molecule has 230 valence electrons. The first-order chi connectivity index (χ1) is 20.0. The molecule has 4 rings (SSSR count). The molecule has 3 aliphatic heterocycles. The van der Waals surface area contributed by atoms with Gasteiger partial charge in [0.15, 0.2) is 0 Å². The number of likely N-dealkylation sites (tertiary alicyclic amines) is 1. The highest BCUT2D eigenvalue weighted by molar-refractivity contribution is 6.25. The van der Waals surface area contributed by atoms with Gasteiger partial charge in [-0.1, -0.05) is 6.07 Å². The quantitative estimate of drug-likeness (QED) is 0.242. The lowest BCUT2D eigenvalue weighted by Crippen LogP contribution is -2.54. The van der Waals surface area contributed by atoms with Crippen LogP contribution in [0.5, 0.6) is 0 Å². The molecular weight excluding hydrogens is 546 g/mol. The number of hydrogen-bond acceptors (Lipinski definition) is 10. The van der Waals surface area contributed by atoms with Crippen LogP contribution in [0.3, 0.4) is 0 Å². The minimum Gasteiger partial charge on any atom is -0.444 e. The van der Waals surface area contributed by atoms with Crippen LogP contribution in [0.2, 0.25) is 0 Å². The van der Waals surface area contributed by atoms with Gasteiger partial charge in [-0.25, -0.2) is 4.79 Å². The molecule has 0 bridgehead atoms. The van der Waals surface area contributed by atoms with Crippen molar-refractivity contribution in [3.05, 3.63) is 29.3 Å². The molecule has 0 spiro atoms. The maximum atomic E-state index is 13.1. The van der Waals surface area contributed by atoms with Gasteiger partial charge in [-0.05, 0) is 52.2 Å². The summed E-state index contributed by atoms with van der Waals surface area (Å²) in [5.41, 5.74) is 0.439. The highest BCUT2D eigenvalue weighted by atomic mass is 16.6. The molecule has 1 aromatic carbocycles. The Labute approximate surface area is 245 Å². The first kappa shape index (κ1) is 31.4. The minimum atomic E-state index is -1.00. The van der Waals surface area contributed by atoms with E-state index in [0.29, 0.717) is 38.7 Å². The lowest BCUT2D eigenvalue weighted by atomic mass is 10.0. The smallest absolute Gasteiger partial charge is 0.407 e. The Hall–Kier alpha value is -3.55. The van der Waals surface area contributed by atoms with Gasteiger partial charge in [0, 0.05) is 44.3 Å². The Morgan fingerprint density at radius 2 is 1.69 bits per heavy atom. The Morgan fingerprint density at radius 1 is 0.976 bits per heavy atom. The van der Waals surface area contributed by atoms with E-state index >= 15 is 0 Å². The molecule has 3 N–H and O–H groups in total. The molecule has 1 aromatic rings. The van der Waals surface area contributed by atoms with Crippen LogP contribution in [-0.2, 0) is 23.8 Å². The van der Waals surface area contributed by atoms with Gasteiger partial charge in [0.2, 0.25) is 11.8 Å². The SMILES string of the molecule is CC(C)(C)OC(=O)NC1CCN(CCOCCOCCNc2cccc3c2C(=O)N(C2CCC(=O)NC2=O)C3=O)CC1. The Bertz CT molecular complexity index is 1180. The normalized spacial score (nSPS) is 20.0. The Morgan fingerprint density at radius 3 is 2.38 bits per heavy atom. The number of benzene rings is 1. The summed E-state index contributed by atoms with van der Waals surface area (Å²) >= 11 is 0. The highest BCUT2D eigenvalue weighted by Crippen LogP contribution is 2.32. The number of anilines is 1. The van der Waals surface area contributed by atoms with Crippen molar-refractivity contribution >= 4 is 35.4 Å². The summed E-state index contributed by atoms with van der Waals surface area (Å²) in [7, 11) is 0. The van der Waals surface area contributed by atoms with E-state index < -0.39 is 35.3 Å². The molecule has 0 aromatic heterocycles. The van der Waals surface area contributed by atoms with E-state index in [2.05, 4.69) is 20.9 Å². The molecule has 2 saturated heterocycles. The predicted molar refractivity (Wildman–Crippen MR) is 152 cm³/mol. The van der Waals surface area contributed by atoms with Crippen LogP contribution in [0.25, 0.3) is 0 Å². The molecule has 1 unspecified atom stereocenters. The van der Waals surface area contributed by atoms with Crippen molar-refractivity contribution in [3.63, 3.8) is 0 Å². The Balaban J connectivity index is 1.09. The third-order valence-electron chi connectivity index (χ3n) is 7.26. The van der Waals surface area contributed by atoms with Crippen molar-refractivity contribution in [2.75, 3.05) is 57.9 Å². The summed E-state index contributed by atoms with van der Waals surface area (Å²) in [6.45, 7) is 10.3. The average molecular weight is 588 g/mol. The predicted octanol–water partition coefficient (Wildman–Crippen LogP) is 1.52. The average Bonchev–Trinajstić information content (AvgIpc) is 3.17. The summed E-state index contributed by atoms with van der Waals surface area (Å²) < 4.78 is 16.7. The van der Waals surface area contributed by atoms with Crippen molar-refractivity contribution in [2.24, 2.45) is 0 Å². The van der Waals surface area contributed by atoms with Crippen molar-refractivity contribution in [1.82, 2.24) is 20.4 Å². The zero-order valence-corrected chi connectivity index (χ0v) is 24.5. The minimum absolute atomic E-state index is 0.0732. The molecule has 2 fully saturated rings. The van der Waals surface area contributed by atoms with Gasteiger partial charge >= 0.3 is 6.09 Å². The fraction of sp³-hybridized carbons (Fsp3) is 0.621. The topological polar surface area (TPSA) is 156 Å². The maximum absolute atomic E-state index is 13.1. The molecule has 13 heteroatoms. The van der Waals surface area contributed by atoms with Gasteiger partial charge in [0.1, 0.15) is 11.6 Å².